The molecule has 1 saturated carbocycles. The minimum absolute atomic E-state index is 0.643. The van der Waals surface area contributed by atoms with Gasteiger partial charge in [0.05, 0.1) is 24.0 Å². The Hall–Kier alpha value is -1.77. The number of aromatic nitrogens is 2. The third-order valence-corrected chi connectivity index (χ3v) is 5.30. The Morgan fingerprint density at radius 1 is 1.14 bits per heavy atom. The first kappa shape index (κ1) is 13.9. The van der Waals surface area contributed by atoms with Crippen LogP contribution in [0.4, 0.5) is 5.69 Å². The number of benzene rings is 1. The van der Waals surface area contributed by atoms with E-state index in [1.54, 1.807) is 5.56 Å². The van der Waals surface area contributed by atoms with Crippen LogP contribution in [0.2, 0.25) is 0 Å². The average molecular weight is 295 g/mol. The number of fused-ring (bicyclic) bond motifs is 1. The lowest BCUT2D eigenvalue weighted by atomic mass is 10.0. The lowest BCUT2D eigenvalue weighted by Crippen LogP contribution is -2.32. The van der Waals surface area contributed by atoms with Crippen LogP contribution in [0.25, 0.3) is 0 Å². The van der Waals surface area contributed by atoms with E-state index >= 15 is 0 Å². The zero-order chi connectivity index (χ0) is 14.9. The van der Waals surface area contributed by atoms with Gasteiger partial charge in [-0.15, -0.1) is 0 Å². The van der Waals surface area contributed by atoms with Crippen LogP contribution in [0.3, 0.4) is 0 Å². The Balaban J connectivity index is 1.68. The summed E-state index contributed by atoms with van der Waals surface area (Å²) in [4.78, 5) is 2.51. The van der Waals surface area contributed by atoms with Gasteiger partial charge in [0.1, 0.15) is 0 Å². The number of para-hydroxylation sites is 1. The summed E-state index contributed by atoms with van der Waals surface area (Å²) in [5.41, 5.74) is 5.71. The summed E-state index contributed by atoms with van der Waals surface area (Å²) in [6, 6.07) is 11.5. The van der Waals surface area contributed by atoms with Crippen molar-refractivity contribution in [2.45, 2.75) is 58.0 Å². The topological polar surface area (TPSA) is 21.1 Å². The Morgan fingerprint density at radius 2 is 1.91 bits per heavy atom. The molecule has 0 spiro atoms. The fraction of sp³-hybridized carbons (Fsp3) is 0.526. The molecule has 1 aliphatic carbocycles. The van der Waals surface area contributed by atoms with E-state index in [-0.39, 0.29) is 0 Å². The fourth-order valence-corrected chi connectivity index (χ4v) is 4.11. The minimum Gasteiger partial charge on any atom is -0.365 e. The number of anilines is 1. The summed E-state index contributed by atoms with van der Waals surface area (Å²) in [7, 11) is 0. The number of aryl methyl sites for hydroxylation is 1. The molecule has 3 heteroatoms. The number of nitrogens with zero attached hydrogens (tertiary/aromatic N) is 3. The number of hydrogen-bond acceptors (Lipinski definition) is 2. The van der Waals surface area contributed by atoms with Crippen LogP contribution >= 0.6 is 0 Å². The second kappa shape index (κ2) is 5.79. The molecule has 3 nitrogen and oxygen atoms in total. The summed E-state index contributed by atoms with van der Waals surface area (Å²) >= 11 is 0. The third kappa shape index (κ3) is 2.33. The molecule has 2 aliphatic rings. The van der Waals surface area contributed by atoms with Crippen LogP contribution in [-0.2, 0) is 19.4 Å². The Morgan fingerprint density at radius 3 is 2.64 bits per heavy atom. The lowest BCUT2D eigenvalue weighted by molar-refractivity contribution is 0.441. The quantitative estimate of drug-likeness (QED) is 0.849. The largest absolute Gasteiger partial charge is 0.365 e. The van der Waals surface area contributed by atoms with E-state index in [9.17, 15) is 0 Å². The number of hydrogen-bond donors (Lipinski definition) is 0. The second-order valence-electron chi connectivity index (χ2n) is 6.62. The van der Waals surface area contributed by atoms with Crippen molar-refractivity contribution in [1.29, 1.82) is 0 Å². The molecule has 0 atom stereocenters. The Labute approximate surface area is 132 Å². The van der Waals surface area contributed by atoms with E-state index < -0.39 is 0 Å². The van der Waals surface area contributed by atoms with Gasteiger partial charge in [0.2, 0.25) is 0 Å². The molecule has 0 bridgehead atoms. The van der Waals surface area contributed by atoms with Gasteiger partial charge in [-0.2, -0.15) is 5.10 Å². The lowest BCUT2D eigenvalue weighted by Gasteiger charge is -2.30. The van der Waals surface area contributed by atoms with E-state index in [0.29, 0.717) is 6.04 Å². The van der Waals surface area contributed by atoms with Crippen molar-refractivity contribution < 1.29 is 0 Å². The van der Waals surface area contributed by atoms with Gasteiger partial charge >= 0.3 is 0 Å². The van der Waals surface area contributed by atoms with Crippen molar-refractivity contribution in [3.63, 3.8) is 0 Å². The van der Waals surface area contributed by atoms with Gasteiger partial charge < -0.3 is 4.90 Å². The number of rotatable bonds is 3. The van der Waals surface area contributed by atoms with Gasteiger partial charge in [-0.3, -0.25) is 4.68 Å². The van der Waals surface area contributed by atoms with Crippen molar-refractivity contribution in [2.75, 3.05) is 11.4 Å². The van der Waals surface area contributed by atoms with Crippen molar-refractivity contribution in [3.8, 4) is 0 Å². The summed E-state index contributed by atoms with van der Waals surface area (Å²) < 4.78 is 2.40. The normalized spacial score (nSPS) is 18.7. The molecule has 1 aromatic heterocycles. The van der Waals surface area contributed by atoms with Gasteiger partial charge in [-0.25, -0.2) is 0 Å². The van der Waals surface area contributed by atoms with E-state index in [4.69, 9.17) is 5.10 Å². The maximum atomic E-state index is 5.01. The van der Waals surface area contributed by atoms with Gasteiger partial charge in [0.25, 0.3) is 0 Å². The predicted octanol–water partition coefficient (Wildman–Crippen LogP) is 4.12. The summed E-state index contributed by atoms with van der Waals surface area (Å²) in [5.74, 6) is 0. The summed E-state index contributed by atoms with van der Waals surface area (Å²) in [6.45, 7) is 4.37. The molecule has 4 rings (SSSR count). The first-order chi connectivity index (χ1) is 10.9. The van der Waals surface area contributed by atoms with Gasteiger partial charge in [0, 0.05) is 17.8 Å². The first-order valence-corrected chi connectivity index (χ1v) is 8.76. The Kier molecular flexibility index (Phi) is 3.65. The van der Waals surface area contributed by atoms with E-state index in [0.717, 1.165) is 25.9 Å². The smallest absolute Gasteiger partial charge is 0.0658 e. The highest BCUT2D eigenvalue weighted by Gasteiger charge is 2.28. The van der Waals surface area contributed by atoms with Crippen LogP contribution in [0.1, 0.15) is 55.6 Å². The standard InChI is InChI=1S/C19H25N3/c1-2-18-17-12-13-21(15-8-4-3-5-9-15)14-19(17)22(20-18)16-10-6-7-11-16/h3-5,8-9,16H,2,6-7,10-14H2,1H3. The monoisotopic (exact) mass is 295 g/mol. The van der Waals surface area contributed by atoms with Crippen LogP contribution < -0.4 is 4.90 Å². The maximum Gasteiger partial charge on any atom is 0.0658 e. The second-order valence-corrected chi connectivity index (χ2v) is 6.62. The van der Waals surface area contributed by atoms with Crippen molar-refractivity contribution in [3.05, 3.63) is 47.3 Å². The molecule has 0 N–H and O–H groups in total. The highest BCUT2D eigenvalue weighted by molar-refractivity contribution is 5.49. The van der Waals surface area contributed by atoms with Crippen LogP contribution in [0, 0.1) is 0 Å². The van der Waals surface area contributed by atoms with Crippen molar-refractivity contribution in [2.24, 2.45) is 0 Å². The highest BCUT2D eigenvalue weighted by atomic mass is 15.3. The van der Waals surface area contributed by atoms with Gasteiger partial charge in [-0.1, -0.05) is 38.0 Å². The zero-order valence-electron chi connectivity index (χ0n) is 13.5. The molecule has 0 amide bonds. The fourth-order valence-electron chi connectivity index (χ4n) is 4.11. The Bertz CT molecular complexity index is 638. The SMILES string of the molecule is CCc1nn(C2CCCC2)c2c1CCN(c1ccccc1)C2. The van der Waals surface area contributed by atoms with Crippen LogP contribution in [0.15, 0.2) is 30.3 Å². The molecule has 2 heterocycles. The molecule has 116 valence electrons. The molecule has 2 aromatic rings. The first-order valence-electron chi connectivity index (χ1n) is 8.76. The van der Waals surface area contributed by atoms with E-state index in [2.05, 4.69) is 46.8 Å². The summed E-state index contributed by atoms with van der Waals surface area (Å²) in [6.07, 6.45) is 7.55. The van der Waals surface area contributed by atoms with Crippen molar-refractivity contribution in [1.82, 2.24) is 9.78 Å². The molecular formula is C19H25N3. The van der Waals surface area contributed by atoms with Gasteiger partial charge in [0.15, 0.2) is 0 Å². The van der Waals surface area contributed by atoms with E-state index in [1.807, 2.05) is 0 Å². The molecule has 1 aliphatic heterocycles. The third-order valence-electron chi connectivity index (χ3n) is 5.30. The molecular weight excluding hydrogens is 270 g/mol. The molecule has 0 radical (unpaired) electrons. The zero-order valence-corrected chi connectivity index (χ0v) is 13.5. The highest BCUT2D eigenvalue weighted by Crippen LogP contribution is 2.34. The van der Waals surface area contributed by atoms with Crippen LogP contribution in [-0.4, -0.2) is 16.3 Å². The molecule has 1 aromatic carbocycles. The predicted molar refractivity (Wildman–Crippen MR) is 90.3 cm³/mol. The van der Waals surface area contributed by atoms with Crippen LogP contribution in [0.5, 0.6) is 0 Å². The van der Waals surface area contributed by atoms with E-state index in [1.165, 1.54) is 42.8 Å². The molecule has 0 unspecified atom stereocenters. The molecule has 22 heavy (non-hydrogen) atoms. The minimum atomic E-state index is 0.643. The molecule has 0 saturated heterocycles. The van der Waals surface area contributed by atoms with Crippen molar-refractivity contribution >= 4 is 5.69 Å². The maximum absolute atomic E-state index is 5.01. The van der Waals surface area contributed by atoms with Gasteiger partial charge in [-0.05, 0) is 37.8 Å². The average Bonchev–Trinajstić information content (AvgIpc) is 3.22. The molecule has 1 fully saturated rings. The summed E-state index contributed by atoms with van der Waals surface area (Å²) in [5, 5.41) is 5.01.